The van der Waals surface area contributed by atoms with E-state index in [2.05, 4.69) is 43.4 Å². The molecular formula is C17H15N7. The van der Waals surface area contributed by atoms with Crippen molar-refractivity contribution >= 4 is 22.4 Å². The lowest BCUT2D eigenvalue weighted by molar-refractivity contribution is 0.841. The van der Waals surface area contributed by atoms with Gasteiger partial charge in [0.05, 0.1) is 29.3 Å². The maximum absolute atomic E-state index is 5.33. The molecule has 4 aromatic rings. The molecule has 3 aromatic heterocycles. The van der Waals surface area contributed by atoms with Crippen LogP contribution in [0.2, 0.25) is 0 Å². The van der Waals surface area contributed by atoms with Gasteiger partial charge in [-0.3, -0.25) is 4.98 Å². The summed E-state index contributed by atoms with van der Waals surface area (Å²) in [6.45, 7) is 1.79. The van der Waals surface area contributed by atoms with E-state index in [9.17, 15) is 0 Å². The first-order valence-corrected chi connectivity index (χ1v) is 7.53. The number of hydrogen-bond acceptors (Lipinski definition) is 6. The molecule has 0 saturated heterocycles. The minimum atomic E-state index is 0.557. The number of hydrogen-bond donors (Lipinski definition) is 1. The molecule has 4 rings (SSSR count). The first-order valence-electron chi connectivity index (χ1n) is 7.53. The molecule has 7 nitrogen and oxygen atoms in total. The fraction of sp³-hybridized carbons (Fsp3) is 0.118. The molecule has 0 radical (unpaired) electrons. The quantitative estimate of drug-likeness (QED) is 0.354. The number of fused-ring (bicyclic) bond motifs is 2. The molecule has 0 atom stereocenters. The molecule has 0 saturated carbocycles. The van der Waals surface area contributed by atoms with E-state index in [1.807, 2.05) is 12.1 Å². The van der Waals surface area contributed by atoms with Crippen LogP contribution >= 0.6 is 0 Å². The zero-order valence-corrected chi connectivity index (χ0v) is 13.1. The number of pyridine rings is 1. The van der Waals surface area contributed by atoms with Crippen LogP contribution < -0.4 is 5.84 Å². The second-order valence-corrected chi connectivity index (χ2v) is 5.53. The summed E-state index contributed by atoms with van der Waals surface area (Å²) in [5.74, 6) is 5.88. The van der Waals surface area contributed by atoms with Crippen LogP contribution in [-0.4, -0.2) is 30.3 Å². The monoisotopic (exact) mass is 317 g/mol. The van der Waals surface area contributed by atoms with Gasteiger partial charge >= 0.3 is 0 Å². The first kappa shape index (κ1) is 14.3. The van der Waals surface area contributed by atoms with Crippen LogP contribution in [0.1, 0.15) is 23.9 Å². The Hall–Kier alpha value is -3.35. The number of nitrogens with two attached hydrogens (primary N) is 1. The topological polar surface area (TPSA) is 94.3 Å². The smallest absolute Gasteiger partial charge is 0.250 e. The predicted octanol–water partition coefficient (Wildman–Crippen LogP) is 1.95. The minimum absolute atomic E-state index is 0.557. The molecule has 2 N–H and O–H groups in total. The van der Waals surface area contributed by atoms with Crippen LogP contribution in [0.25, 0.3) is 16.7 Å². The molecule has 24 heavy (non-hydrogen) atoms. The molecule has 0 amide bonds. The van der Waals surface area contributed by atoms with Crippen LogP contribution in [0.5, 0.6) is 0 Å². The van der Waals surface area contributed by atoms with Crippen LogP contribution in [0.4, 0.5) is 0 Å². The van der Waals surface area contributed by atoms with Gasteiger partial charge in [0.2, 0.25) is 0 Å². The van der Waals surface area contributed by atoms with E-state index >= 15 is 0 Å². The lowest BCUT2D eigenvalue weighted by atomic mass is 10.1. The van der Waals surface area contributed by atoms with Gasteiger partial charge in [-0.1, -0.05) is 12.1 Å². The molecule has 0 aliphatic heterocycles. The van der Waals surface area contributed by atoms with Crippen molar-refractivity contribution in [1.82, 2.24) is 24.6 Å². The van der Waals surface area contributed by atoms with Crippen LogP contribution in [-0.2, 0) is 6.42 Å². The lowest BCUT2D eigenvalue weighted by Crippen LogP contribution is -2.09. The second-order valence-electron chi connectivity index (χ2n) is 5.53. The molecule has 118 valence electrons. The molecule has 3 heterocycles. The second kappa shape index (κ2) is 5.69. The summed E-state index contributed by atoms with van der Waals surface area (Å²) in [7, 11) is 0. The Morgan fingerprint density at radius 1 is 1.17 bits per heavy atom. The number of imidazole rings is 1. The highest BCUT2D eigenvalue weighted by atomic mass is 15.3. The van der Waals surface area contributed by atoms with Gasteiger partial charge < -0.3 is 5.84 Å². The van der Waals surface area contributed by atoms with Gasteiger partial charge in [-0.25, -0.2) is 14.5 Å². The number of rotatable bonds is 3. The first-order chi connectivity index (χ1) is 11.7. The fourth-order valence-electron chi connectivity index (χ4n) is 2.62. The Morgan fingerprint density at radius 2 is 2.04 bits per heavy atom. The molecule has 0 aliphatic carbocycles. The Bertz CT molecular complexity index is 1060. The Labute approximate surface area is 137 Å². The van der Waals surface area contributed by atoms with E-state index < -0.39 is 0 Å². The zero-order valence-electron chi connectivity index (χ0n) is 13.1. The summed E-state index contributed by atoms with van der Waals surface area (Å²) in [5, 5.41) is 9.32. The average Bonchev–Trinajstić information content (AvgIpc) is 3.03. The van der Waals surface area contributed by atoms with E-state index in [0.717, 1.165) is 22.2 Å². The zero-order chi connectivity index (χ0) is 16.5. The van der Waals surface area contributed by atoms with Crippen LogP contribution in [0, 0.1) is 0 Å². The normalized spacial score (nSPS) is 12.1. The van der Waals surface area contributed by atoms with Crippen molar-refractivity contribution in [3.8, 4) is 0 Å². The minimum Gasteiger partial charge on any atom is -0.323 e. The number of benzene rings is 1. The van der Waals surface area contributed by atoms with Gasteiger partial charge in [0.1, 0.15) is 5.69 Å². The molecule has 0 aliphatic rings. The summed E-state index contributed by atoms with van der Waals surface area (Å²) >= 11 is 0. The van der Waals surface area contributed by atoms with Gasteiger partial charge in [-0.15, -0.1) is 0 Å². The van der Waals surface area contributed by atoms with Gasteiger partial charge in [-0.05, 0) is 30.7 Å². The number of nitrogens with zero attached hydrogens (tertiary/aromatic N) is 6. The van der Waals surface area contributed by atoms with Crippen LogP contribution in [0.3, 0.4) is 0 Å². The van der Waals surface area contributed by atoms with Crippen molar-refractivity contribution in [1.29, 1.82) is 0 Å². The van der Waals surface area contributed by atoms with Crippen molar-refractivity contribution in [2.24, 2.45) is 10.9 Å². The van der Waals surface area contributed by atoms with Crippen molar-refractivity contribution < 1.29 is 0 Å². The molecule has 0 spiro atoms. The summed E-state index contributed by atoms with van der Waals surface area (Å²) < 4.78 is 1.73. The maximum atomic E-state index is 5.33. The maximum Gasteiger partial charge on any atom is 0.250 e. The van der Waals surface area contributed by atoms with Crippen molar-refractivity contribution in [3.05, 3.63) is 65.9 Å². The molecule has 7 heteroatoms. The summed E-state index contributed by atoms with van der Waals surface area (Å²) in [5.41, 5.74) is 4.35. The Balaban J connectivity index is 1.75. The van der Waals surface area contributed by atoms with Gasteiger partial charge in [0.15, 0.2) is 0 Å². The largest absolute Gasteiger partial charge is 0.323 e. The number of aromatic nitrogens is 5. The highest BCUT2D eigenvalue weighted by Crippen LogP contribution is 2.16. The summed E-state index contributed by atoms with van der Waals surface area (Å²) in [6, 6.07) is 10.2. The highest BCUT2D eigenvalue weighted by molar-refractivity contribution is 5.96. The van der Waals surface area contributed by atoms with E-state index in [1.165, 1.54) is 0 Å². The summed E-state index contributed by atoms with van der Waals surface area (Å²) in [6.07, 6.45) is 5.91. The molecule has 0 fully saturated rings. The number of hydrazone groups is 1. The fourth-order valence-corrected chi connectivity index (χ4v) is 2.62. The third-order valence-corrected chi connectivity index (χ3v) is 3.92. The SMILES string of the molecule is C/C(=N\N)c1cnc2ncc(Cc3ccc4ncccc4c3)n2n1. The molecule has 0 unspecified atom stereocenters. The highest BCUT2D eigenvalue weighted by Gasteiger charge is 2.09. The summed E-state index contributed by atoms with van der Waals surface area (Å²) in [4.78, 5) is 13.0. The third-order valence-electron chi connectivity index (χ3n) is 3.92. The van der Waals surface area contributed by atoms with E-state index in [4.69, 9.17) is 5.84 Å². The average molecular weight is 317 g/mol. The van der Waals surface area contributed by atoms with Crippen molar-refractivity contribution in [2.45, 2.75) is 13.3 Å². The Kier molecular flexibility index (Phi) is 3.38. The third kappa shape index (κ3) is 2.45. The van der Waals surface area contributed by atoms with E-state index in [0.29, 0.717) is 23.6 Å². The molecule has 1 aromatic carbocycles. The van der Waals surface area contributed by atoms with Crippen LogP contribution in [0.15, 0.2) is 54.0 Å². The van der Waals surface area contributed by atoms with Gasteiger partial charge in [-0.2, -0.15) is 10.2 Å². The van der Waals surface area contributed by atoms with Crippen molar-refractivity contribution in [2.75, 3.05) is 0 Å². The Morgan fingerprint density at radius 3 is 2.92 bits per heavy atom. The van der Waals surface area contributed by atoms with Gasteiger partial charge in [0, 0.05) is 18.0 Å². The van der Waals surface area contributed by atoms with E-state index in [1.54, 1.807) is 30.0 Å². The predicted molar refractivity (Wildman–Crippen MR) is 91.7 cm³/mol. The standard InChI is InChI=1S/C17H15N7/c1-11(22-18)16-10-21-17-20-9-14(24(17)23-16)8-12-4-5-15-13(7-12)3-2-6-19-15/h2-7,9-10H,8,18H2,1H3/b22-11+. The molecular weight excluding hydrogens is 302 g/mol. The lowest BCUT2D eigenvalue weighted by Gasteiger charge is -2.04. The molecule has 0 bridgehead atoms. The van der Waals surface area contributed by atoms with Gasteiger partial charge in [0.25, 0.3) is 5.78 Å². The van der Waals surface area contributed by atoms with E-state index in [-0.39, 0.29) is 0 Å². The van der Waals surface area contributed by atoms with Crippen molar-refractivity contribution in [3.63, 3.8) is 0 Å².